The van der Waals surface area contributed by atoms with Crippen LogP contribution in [-0.4, -0.2) is 11.1 Å². The second kappa shape index (κ2) is 5.16. The number of nitrogens with zero attached hydrogens (tertiary/aromatic N) is 1. The van der Waals surface area contributed by atoms with Crippen molar-refractivity contribution in [3.8, 4) is 0 Å². The lowest BCUT2D eigenvalue weighted by Gasteiger charge is -2.05. The Morgan fingerprint density at radius 1 is 1.35 bits per heavy atom. The molecule has 0 bridgehead atoms. The van der Waals surface area contributed by atoms with Crippen molar-refractivity contribution in [1.29, 1.82) is 0 Å². The van der Waals surface area contributed by atoms with E-state index in [-0.39, 0.29) is 12.3 Å². The minimum atomic E-state index is -0.0979. The molecule has 0 aliphatic carbocycles. The summed E-state index contributed by atoms with van der Waals surface area (Å²) in [6.07, 6.45) is 1.80. The molecular weight excluding hydrogens is 218 g/mol. The van der Waals surface area contributed by atoms with Crippen molar-refractivity contribution in [2.24, 2.45) is 0 Å². The third-order valence-electron chi connectivity index (χ3n) is 2.36. The summed E-state index contributed by atoms with van der Waals surface area (Å²) in [6.45, 7) is 0.339. The Morgan fingerprint density at radius 3 is 2.88 bits per heavy atom. The van der Waals surface area contributed by atoms with Gasteiger partial charge >= 0.3 is 0 Å². The van der Waals surface area contributed by atoms with Gasteiger partial charge in [0.2, 0.25) is 5.91 Å². The van der Waals surface area contributed by atoms with Gasteiger partial charge in [0.25, 0.3) is 0 Å². The molecule has 2 aromatic rings. The van der Waals surface area contributed by atoms with Gasteiger partial charge in [0, 0.05) is 11.8 Å². The molecule has 3 N–H and O–H groups in total. The van der Waals surface area contributed by atoms with E-state index in [1.807, 2.05) is 18.2 Å². The number of nitrogens with two attached hydrogens (primary N) is 1. The summed E-state index contributed by atoms with van der Waals surface area (Å²) >= 11 is 0. The Balaban J connectivity index is 1.87. The Morgan fingerprint density at radius 2 is 2.18 bits per heavy atom. The van der Waals surface area contributed by atoms with E-state index in [4.69, 9.17) is 10.3 Å². The van der Waals surface area contributed by atoms with Crippen LogP contribution >= 0.6 is 0 Å². The van der Waals surface area contributed by atoms with Crippen LogP contribution in [0.5, 0.6) is 0 Å². The number of nitrogens with one attached hydrogen (secondary N) is 1. The molecule has 0 unspecified atom stereocenters. The number of rotatable bonds is 4. The lowest BCUT2D eigenvalue weighted by molar-refractivity contribution is -0.120. The molecule has 17 heavy (non-hydrogen) atoms. The van der Waals surface area contributed by atoms with Crippen LogP contribution in [-0.2, 0) is 17.8 Å². The number of hydrogen-bond acceptors (Lipinski definition) is 4. The van der Waals surface area contributed by atoms with Gasteiger partial charge in [0.15, 0.2) is 5.76 Å². The molecule has 0 aliphatic rings. The summed E-state index contributed by atoms with van der Waals surface area (Å²) in [4.78, 5) is 11.6. The zero-order valence-corrected chi connectivity index (χ0v) is 9.22. The van der Waals surface area contributed by atoms with Gasteiger partial charge in [-0.2, -0.15) is 0 Å². The van der Waals surface area contributed by atoms with Gasteiger partial charge in [0.1, 0.15) is 0 Å². The molecular formula is C12H13N3O2. The van der Waals surface area contributed by atoms with Crippen LogP contribution in [0.2, 0.25) is 0 Å². The average molecular weight is 231 g/mol. The molecule has 1 aromatic heterocycles. The highest BCUT2D eigenvalue weighted by Gasteiger charge is 2.06. The number of aromatic nitrogens is 1. The lowest BCUT2D eigenvalue weighted by atomic mass is 10.1. The van der Waals surface area contributed by atoms with E-state index in [2.05, 4.69) is 10.5 Å². The topological polar surface area (TPSA) is 81.2 Å². The van der Waals surface area contributed by atoms with E-state index in [9.17, 15) is 4.79 Å². The van der Waals surface area contributed by atoms with Gasteiger partial charge in [0.05, 0.1) is 19.2 Å². The van der Waals surface area contributed by atoms with Crippen LogP contribution in [0.15, 0.2) is 41.1 Å². The van der Waals surface area contributed by atoms with Crippen molar-refractivity contribution in [2.45, 2.75) is 13.0 Å². The van der Waals surface area contributed by atoms with Gasteiger partial charge in [-0.25, -0.2) is 0 Å². The molecule has 1 amide bonds. The molecule has 5 nitrogen and oxygen atoms in total. The number of carbonyl (C=O) groups excluding carboxylic acids is 1. The van der Waals surface area contributed by atoms with Gasteiger partial charge in [-0.3, -0.25) is 4.79 Å². The summed E-state index contributed by atoms with van der Waals surface area (Å²) in [7, 11) is 0. The predicted molar refractivity (Wildman–Crippen MR) is 62.9 cm³/mol. The first-order valence-corrected chi connectivity index (χ1v) is 5.25. The van der Waals surface area contributed by atoms with Gasteiger partial charge in [-0.15, -0.1) is 0 Å². The largest absolute Gasteiger partial charge is 0.398 e. The average Bonchev–Trinajstić information content (AvgIpc) is 2.82. The fraction of sp³-hybridized carbons (Fsp3) is 0.167. The molecule has 0 atom stereocenters. The molecule has 0 radical (unpaired) electrons. The highest BCUT2D eigenvalue weighted by Crippen LogP contribution is 2.10. The quantitative estimate of drug-likeness (QED) is 0.772. The van der Waals surface area contributed by atoms with Crippen LogP contribution in [0.1, 0.15) is 11.3 Å². The zero-order chi connectivity index (χ0) is 12.1. The van der Waals surface area contributed by atoms with Crippen molar-refractivity contribution in [3.63, 3.8) is 0 Å². The Bertz CT molecular complexity index is 494. The Hall–Kier alpha value is -2.30. The third-order valence-corrected chi connectivity index (χ3v) is 2.36. The Kier molecular flexibility index (Phi) is 3.40. The number of para-hydroxylation sites is 1. The molecule has 5 heteroatoms. The second-order valence-electron chi connectivity index (χ2n) is 3.63. The summed E-state index contributed by atoms with van der Waals surface area (Å²) in [5.41, 5.74) is 7.20. The van der Waals surface area contributed by atoms with Crippen LogP contribution < -0.4 is 11.1 Å². The summed E-state index contributed by atoms with van der Waals surface area (Å²) in [5.74, 6) is 0.527. The van der Waals surface area contributed by atoms with Crippen molar-refractivity contribution in [1.82, 2.24) is 10.5 Å². The number of amides is 1. The molecule has 0 saturated carbocycles. The van der Waals surface area contributed by atoms with Crippen LogP contribution in [0.25, 0.3) is 0 Å². The van der Waals surface area contributed by atoms with Gasteiger partial charge in [-0.05, 0) is 11.6 Å². The molecule has 88 valence electrons. The monoisotopic (exact) mass is 231 g/mol. The lowest BCUT2D eigenvalue weighted by Crippen LogP contribution is -2.24. The second-order valence-corrected chi connectivity index (χ2v) is 3.63. The molecule has 2 rings (SSSR count). The molecule has 0 fully saturated rings. The normalized spacial score (nSPS) is 10.1. The van der Waals surface area contributed by atoms with Crippen molar-refractivity contribution in [2.75, 3.05) is 5.73 Å². The maximum Gasteiger partial charge on any atom is 0.224 e. The van der Waals surface area contributed by atoms with Crippen molar-refractivity contribution < 1.29 is 9.32 Å². The number of nitrogen functional groups attached to an aromatic ring is 1. The van der Waals surface area contributed by atoms with Crippen LogP contribution in [0.4, 0.5) is 5.69 Å². The molecule has 0 saturated heterocycles. The van der Waals surface area contributed by atoms with E-state index in [1.54, 1.807) is 12.1 Å². The van der Waals surface area contributed by atoms with E-state index in [0.717, 1.165) is 5.56 Å². The highest BCUT2D eigenvalue weighted by atomic mass is 16.5. The standard InChI is InChI=1S/C12H13N3O2/c13-11-4-2-1-3-9(11)7-12(16)14-8-10-5-6-15-17-10/h1-6H,7-8,13H2,(H,14,16). The van der Waals surface area contributed by atoms with Crippen LogP contribution in [0, 0.1) is 0 Å². The summed E-state index contributed by atoms with van der Waals surface area (Å²) in [6, 6.07) is 9.01. The first-order valence-electron chi connectivity index (χ1n) is 5.25. The number of anilines is 1. The van der Waals surface area contributed by atoms with E-state index in [1.165, 1.54) is 6.20 Å². The smallest absolute Gasteiger partial charge is 0.224 e. The summed E-state index contributed by atoms with van der Waals surface area (Å²) in [5, 5.41) is 6.28. The van der Waals surface area contributed by atoms with Crippen LogP contribution in [0.3, 0.4) is 0 Å². The van der Waals surface area contributed by atoms with Crippen molar-refractivity contribution >= 4 is 11.6 Å². The van der Waals surface area contributed by atoms with E-state index >= 15 is 0 Å². The fourth-order valence-corrected chi connectivity index (χ4v) is 1.45. The molecule has 0 spiro atoms. The van der Waals surface area contributed by atoms with Gasteiger partial charge in [-0.1, -0.05) is 23.4 Å². The summed E-state index contributed by atoms with van der Waals surface area (Å²) < 4.78 is 4.87. The van der Waals surface area contributed by atoms with Gasteiger partial charge < -0.3 is 15.6 Å². The molecule has 1 heterocycles. The Labute approximate surface area is 98.6 Å². The SMILES string of the molecule is Nc1ccccc1CC(=O)NCc1ccno1. The minimum absolute atomic E-state index is 0.0979. The minimum Gasteiger partial charge on any atom is -0.398 e. The first kappa shape index (κ1) is 11.2. The van der Waals surface area contributed by atoms with E-state index < -0.39 is 0 Å². The highest BCUT2D eigenvalue weighted by molar-refractivity contribution is 5.80. The van der Waals surface area contributed by atoms with E-state index in [0.29, 0.717) is 18.0 Å². The predicted octanol–water partition coefficient (Wildman–Crippen LogP) is 1.12. The third kappa shape index (κ3) is 3.07. The number of hydrogen-bond donors (Lipinski definition) is 2. The fourth-order valence-electron chi connectivity index (χ4n) is 1.45. The van der Waals surface area contributed by atoms with Crippen molar-refractivity contribution in [3.05, 3.63) is 47.9 Å². The maximum atomic E-state index is 11.6. The number of benzene rings is 1. The zero-order valence-electron chi connectivity index (χ0n) is 9.22. The number of carbonyl (C=O) groups is 1. The molecule has 0 aliphatic heterocycles. The molecule has 1 aromatic carbocycles. The first-order chi connectivity index (χ1) is 8.25. The maximum absolute atomic E-state index is 11.6.